The van der Waals surface area contributed by atoms with Crippen molar-refractivity contribution in [3.05, 3.63) is 144 Å². The molecule has 7 heterocycles. The van der Waals surface area contributed by atoms with Crippen molar-refractivity contribution in [3.8, 4) is 0 Å². The van der Waals surface area contributed by atoms with Gasteiger partial charge in [-0.1, -0.05) is 23.4 Å². The van der Waals surface area contributed by atoms with Crippen molar-refractivity contribution in [2.45, 2.75) is 0 Å². The van der Waals surface area contributed by atoms with E-state index < -0.39 is 0 Å². The highest BCUT2D eigenvalue weighted by Crippen LogP contribution is 1.91. The van der Waals surface area contributed by atoms with Crippen LogP contribution < -0.4 is 0 Å². The first kappa shape index (κ1) is 29.8. The highest BCUT2D eigenvalue weighted by Gasteiger charge is 1.62. The van der Waals surface area contributed by atoms with Crippen molar-refractivity contribution in [3.63, 3.8) is 0 Å². The smallest absolute Gasteiger partial charge is 0.180 e. The van der Waals surface area contributed by atoms with Crippen LogP contribution in [0.4, 0.5) is 0 Å². The van der Waals surface area contributed by atoms with Crippen LogP contribution in [-0.2, 0) is 0 Å². The molecule has 0 aromatic carbocycles. The van der Waals surface area contributed by atoms with E-state index in [1.807, 2.05) is 64.0 Å². The lowest BCUT2D eigenvalue weighted by molar-refractivity contribution is 0.420. The zero-order chi connectivity index (χ0) is 25.5. The Morgan fingerprint density at radius 2 is 1.47 bits per heavy atom. The van der Waals surface area contributed by atoms with Crippen molar-refractivity contribution in [1.29, 1.82) is 0 Å². The lowest BCUT2D eigenvalue weighted by Gasteiger charge is -1.70. The standard InChI is InChI=1S/C5H5N.C4H4S.C3H4N2.2C3H3NO.2C3H3NS/c1-2-4-6-5-3-1;2*1-2-4-5-3-1;1-2-5-3-4-1;1-2-4-5-3-1;1-2-5-3-4-1;1-2-4-5-3-1/h1-5H;1-4H;1-3H,(H,4,5);4*1-3H. The number of aromatic amines is 1. The summed E-state index contributed by atoms with van der Waals surface area (Å²) < 4.78 is 12.6. The third kappa shape index (κ3) is 24.4. The SMILES string of the molecule is c1ccncc1.c1ccsc1.c1cn[nH]c1.c1cnoc1.c1cnsc1.c1cocn1.c1cscn1. The van der Waals surface area contributed by atoms with Crippen molar-refractivity contribution in [2.24, 2.45) is 0 Å². The molecule has 0 amide bonds. The molecule has 7 aromatic heterocycles. The fourth-order valence-corrected chi connectivity index (χ4v) is 2.61. The molecule has 7 aromatic rings. The molecule has 0 spiro atoms. The van der Waals surface area contributed by atoms with Gasteiger partial charge in [-0.25, -0.2) is 9.36 Å². The number of nitrogens with zero attached hydrogens (tertiary/aromatic N) is 6. The van der Waals surface area contributed by atoms with Gasteiger partial charge in [0.15, 0.2) is 6.39 Å². The van der Waals surface area contributed by atoms with Gasteiger partial charge in [-0.3, -0.25) is 15.1 Å². The van der Waals surface area contributed by atoms with Crippen LogP contribution in [0, 0.1) is 0 Å². The molecule has 0 bridgehead atoms. The molecular weight excluding hydrogens is 515 g/mol. The lowest BCUT2D eigenvalue weighted by Crippen LogP contribution is -1.58. The Balaban J connectivity index is 0.000000210. The summed E-state index contributed by atoms with van der Waals surface area (Å²) in [5.41, 5.74) is 1.79. The van der Waals surface area contributed by atoms with Gasteiger partial charge in [0.1, 0.15) is 12.5 Å². The maximum absolute atomic E-state index is 4.47. The minimum Gasteiger partial charge on any atom is -0.452 e. The van der Waals surface area contributed by atoms with Crippen LogP contribution in [0.25, 0.3) is 0 Å². The van der Waals surface area contributed by atoms with E-state index in [2.05, 4.69) is 43.6 Å². The van der Waals surface area contributed by atoms with Gasteiger partial charge in [-0.05, 0) is 52.6 Å². The number of thiophene rings is 1. The molecule has 0 aliphatic heterocycles. The summed E-state index contributed by atoms with van der Waals surface area (Å²) in [5, 5.41) is 17.5. The summed E-state index contributed by atoms with van der Waals surface area (Å²) in [6, 6.07) is 15.2. The van der Waals surface area contributed by atoms with Gasteiger partial charge in [0.25, 0.3) is 0 Å². The molecule has 0 radical (unpaired) electrons. The number of hydrogen-bond donors (Lipinski definition) is 1. The summed E-state index contributed by atoms with van der Waals surface area (Å²) >= 11 is 4.78. The number of hydrogen-bond acceptors (Lipinski definition) is 11. The number of H-pyrrole nitrogens is 1. The fraction of sp³-hybridized carbons (Fsp3) is 0. The van der Waals surface area contributed by atoms with Crippen LogP contribution in [0.2, 0.25) is 0 Å². The minimum absolute atomic E-state index is 1.38. The van der Waals surface area contributed by atoms with Crippen molar-refractivity contribution >= 4 is 34.2 Å². The van der Waals surface area contributed by atoms with Crippen molar-refractivity contribution < 1.29 is 8.94 Å². The van der Waals surface area contributed by atoms with Gasteiger partial charge in [0.2, 0.25) is 0 Å². The second-order valence-electron chi connectivity index (χ2n) is 5.31. The Bertz CT molecular complexity index is 787. The molecule has 7 rings (SSSR count). The second-order valence-corrected chi connectivity index (χ2v) is 7.58. The molecule has 0 atom stereocenters. The highest BCUT2D eigenvalue weighted by molar-refractivity contribution is 7.07. The highest BCUT2D eigenvalue weighted by atomic mass is 32.1. The first-order valence-corrected chi connectivity index (χ1v) is 12.8. The topological polar surface area (TPSA) is 119 Å². The van der Waals surface area contributed by atoms with Crippen LogP contribution in [0.5, 0.6) is 0 Å². The zero-order valence-electron chi connectivity index (χ0n) is 19.1. The maximum Gasteiger partial charge on any atom is 0.180 e. The monoisotopic (exact) mass is 539 g/mol. The number of aromatic nitrogens is 7. The Morgan fingerprint density at radius 3 is 1.67 bits per heavy atom. The number of pyridine rings is 1. The summed E-state index contributed by atoms with van der Waals surface area (Å²) in [6.45, 7) is 0. The van der Waals surface area contributed by atoms with E-state index in [9.17, 15) is 0 Å². The van der Waals surface area contributed by atoms with E-state index in [0.29, 0.717) is 0 Å². The molecule has 0 aliphatic carbocycles. The Kier molecular flexibility index (Phi) is 22.3. The van der Waals surface area contributed by atoms with Gasteiger partial charge >= 0.3 is 0 Å². The van der Waals surface area contributed by atoms with Crippen LogP contribution in [0.3, 0.4) is 0 Å². The van der Waals surface area contributed by atoms with Gasteiger partial charge < -0.3 is 8.94 Å². The zero-order valence-corrected chi connectivity index (χ0v) is 21.5. The predicted molar refractivity (Wildman–Crippen MR) is 144 cm³/mol. The van der Waals surface area contributed by atoms with E-state index in [-0.39, 0.29) is 0 Å². The fourth-order valence-electron chi connectivity index (χ4n) is 1.46. The van der Waals surface area contributed by atoms with Crippen molar-refractivity contribution in [2.75, 3.05) is 0 Å². The molecule has 0 saturated heterocycles. The number of thiazole rings is 1. The molecular formula is C24H25N7O2S3. The lowest BCUT2D eigenvalue weighted by atomic mass is 10.5. The average molecular weight is 540 g/mol. The van der Waals surface area contributed by atoms with Crippen LogP contribution in [0.1, 0.15) is 0 Å². The number of nitrogens with one attached hydrogen (secondary N) is 1. The normalized spacial score (nSPS) is 8.00. The van der Waals surface area contributed by atoms with Gasteiger partial charge in [-0.15, -0.1) is 11.3 Å². The predicted octanol–water partition coefficient (Wildman–Crippen LogP) is 6.87. The van der Waals surface area contributed by atoms with Crippen LogP contribution in [0.15, 0.2) is 153 Å². The number of oxazole rings is 1. The van der Waals surface area contributed by atoms with Gasteiger partial charge in [-0.2, -0.15) is 16.4 Å². The van der Waals surface area contributed by atoms with E-state index in [1.165, 1.54) is 30.5 Å². The van der Waals surface area contributed by atoms with Crippen LogP contribution in [-0.4, -0.2) is 34.7 Å². The van der Waals surface area contributed by atoms with E-state index in [1.54, 1.807) is 83.8 Å². The Morgan fingerprint density at radius 1 is 0.583 bits per heavy atom. The van der Waals surface area contributed by atoms with Gasteiger partial charge in [0.05, 0.1) is 17.9 Å². The third-order valence-electron chi connectivity index (χ3n) is 2.79. The number of rotatable bonds is 0. The maximum atomic E-state index is 4.47. The average Bonchev–Trinajstić information content (AvgIpc) is 3.81. The largest absolute Gasteiger partial charge is 0.452 e. The van der Waals surface area contributed by atoms with E-state index in [4.69, 9.17) is 0 Å². The third-order valence-corrected chi connectivity index (χ3v) is 4.46. The van der Waals surface area contributed by atoms with Gasteiger partial charge in [0, 0.05) is 47.9 Å². The van der Waals surface area contributed by atoms with Crippen LogP contribution >= 0.6 is 34.2 Å². The first-order chi connectivity index (χ1) is 18.0. The summed E-state index contributed by atoms with van der Waals surface area (Å²) in [4.78, 5) is 11.1. The molecule has 0 fully saturated rings. The molecule has 0 aliphatic rings. The molecule has 0 saturated carbocycles. The minimum atomic E-state index is 1.38. The molecule has 9 nitrogen and oxygen atoms in total. The van der Waals surface area contributed by atoms with E-state index in [0.717, 1.165) is 0 Å². The Labute approximate surface area is 221 Å². The molecule has 0 unspecified atom stereocenters. The first-order valence-electron chi connectivity index (χ1n) is 10.1. The van der Waals surface area contributed by atoms with E-state index >= 15 is 0 Å². The molecule has 12 heteroatoms. The quantitative estimate of drug-likeness (QED) is 0.222. The molecule has 36 heavy (non-hydrogen) atoms. The summed E-state index contributed by atoms with van der Waals surface area (Å²) in [7, 11) is 0. The van der Waals surface area contributed by atoms with Crippen molar-refractivity contribution in [1.82, 2.24) is 34.7 Å². The molecule has 1 N–H and O–H groups in total. The summed E-state index contributed by atoms with van der Waals surface area (Å²) in [5.74, 6) is 0. The second kappa shape index (κ2) is 27.0. The molecule has 186 valence electrons. The summed E-state index contributed by atoms with van der Waals surface area (Å²) in [6.07, 6.45) is 18.1. The Hall–Kier alpha value is -4.26.